The van der Waals surface area contributed by atoms with Gasteiger partial charge in [-0.3, -0.25) is 4.79 Å². The Hall–Kier alpha value is -0.600. The summed E-state index contributed by atoms with van der Waals surface area (Å²) in [5.74, 6) is 0.0365. The summed E-state index contributed by atoms with van der Waals surface area (Å²) < 4.78 is 0. The lowest BCUT2D eigenvalue weighted by molar-refractivity contribution is -0.112. The molecule has 0 saturated carbocycles. The van der Waals surface area contributed by atoms with E-state index < -0.39 is 0 Å². The zero-order valence-corrected chi connectivity index (χ0v) is 7.58. The number of rotatable bonds is 2. The van der Waals surface area contributed by atoms with Gasteiger partial charge in [0.25, 0.3) is 0 Å². The van der Waals surface area contributed by atoms with E-state index in [1.165, 1.54) is 24.3 Å². The minimum absolute atomic E-state index is 0.0365. The smallest absolute Gasteiger partial charge is 0.152 e. The maximum atomic E-state index is 10.5. The topological polar surface area (TPSA) is 17.1 Å². The molecule has 0 amide bonds. The Morgan fingerprint density at radius 3 is 2.91 bits per heavy atom. The highest BCUT2D eigenvalue weighted by Crippen LogP contribution is 2.22. The van der Waals surface area contributed by atoms with Gasteiger partial charge in [0.2, 0.25) is 0 Å². The van der Waals surface area contributed by atoms with E-state index in [-0.39, 0.29) is 5.78 Å². The fraction of sp³-hybridized carbons (Fsp3) is 0.125. The van der Waals surface area contributed by atoms with E-state index in [4.69, 9.17) is 11.6 Å². The molecule has 11 heavy (non-hydrogen) atoms. The SMILES string of the molecule is CC(=O)/C=C/c1sccc1Cl. The average Bonchev–Trinajstić information content (AvgIpc) is 2.31. The second-order valence-corrected chi connectivity index (χ2v) is 3.43. The Morgan fingerprint density at radius 1 is 1.73 bits per heavy atom. The summed E-state index contributed by atoms with van der Waals surface area (Å²) in [5.41, 5.74) is 0. The molecule has 0 bridgehead atoms. The van der Waals surface area contributed by atoms with Gasteiger partial charge in [-0.05, 0) is 30.5 Å². The largest absolute Gasteiger partial charge is 0.295 e. The van der Waals surface area contributed by atoms with Crippen LogP contribution >= 0.6 is 22.9 Å². The molecule has 1 heterocycles. The Labute approximate surface area is 74.3 Å². The number of hydrogen-bond donors (Lipinski definition) is 0. The van der Waals surface area contributed by atoms with E-state index >= 15 is 0 Å². The van der Waals surface area contributed by atoms with Crippen molar-refractivity contribution in [2.45, 2.75) is 6.92 Å². The summed E-state index contributed by atoms with van der Waals surface area (Å²) in [5, 5.41) is 2.59. The summed E-state index contributed by atoms with van der Waals surface area (Å²) in [6, 6.07) is 1.81. The molecule has 1 aromatic heterocycles. The number of hydrogen-bond acceptors (Lipinski definition) is 2. The highest BCUT2D eigenvalue weighted by Gasteiger charge is 1.95. The van der Waals surface area contributed by atoms with Gasteiger partial charge in [-0.2, -0.15) is 0 Å². The van der Waals surface area contributed by atoms with E-state index in [0.717, 1.165) is 4.88 Å². The van der Waals surface area contributed by atoms with Crippen LogP contribution in [-0.2, 0) is 4.79 Å². The molecule has 0 N–H and O–H groups in total. The van der Waals surface area contributed by atoms with Crippen molar-refractivity contribution in [3.63, 3.8) is 0 Å². The van der Waals surface area contributed by atoms with Crippen molar-refractivity contribution in [3.8, 4) is 0 Å². The van der Waals surface area contributed by atoms with Gasteiger partial charge in [0.05, 0.1) is 5.02 Å². The van der Waals surface area contributed by atoms with Gasteiger partial charge in [0, 0.05) is 4.88 Å². The molecule has 0 unspecified atom stereocenters. The van der Waals surface area contributed by atoms with Crippen molar-refractivity contribution in [1.82, 2.24) is 0 Å². The minimum atomic E-state index is 0.0365. The number of ketones is 1. The van der Waals surface area contributed by atoms with Crippen molar-refractivity contribution in [1.29, 1.82) is 0 Å². The van der Waals surface area contributed by atoms with Crippen LogP contribution < -0.4 is 0 Å². The molecule has 1 rings (SSSR count). The standard InChI is InChI=1S/C8H7ClOS/c1-6(10)2-3-8-7(9)4-5-11-8/h2-5H,1H3/b3-2+. The number of allylic oxidation sites excluding steroid dienone is 1. The molecular weight excluding hydrogens is 180 g/mol. The summed E-state index contributed by atoms with van der Waals surface area (Å²) in [4.78, 5) is 11.5. The van der Waals surface area contributed by atoms with E-state index in [1.807, 2.05) is 11.4 Å². The second-order valence-electron chi connectivity index (χ2n) is 2.08. The number of carbonyl (C=O) groups is 1. The van der Waals surface area contributed by atoms with E-state index in [2.05, 4.69) is 0 Å². The fourth-order valence-electron chi connectivity index (χ4n) is 0.617. The first-order valence-electron chi connectivity index (χ1n) is 3.12. The lowest BCUT2D eigenvalue weighted by Gasteiger charge is -1.84. The summed E-state index contributed by atoms with van der Waals surface area (Å²) in [6.07, 6.45) is 3.24. The van der Waals surface area contributed by atoms with Crippen LogP contribution in [0, 0.1) is 0 Å². The Kier molecular flexibility index (Phi) is 2.85. The predicted octanol–water partition coefficient (Wildman–Crippen LogP) is 3.00. The third-order valence-corrected chi connectivity index (χ3v) is 2.44. The molecule has 0 atom stereocenters. The van der Waals surface area contributed by atoms with Gasteiger partial charge >= 0.3 is 0 Å². The van der Waals surface area contributed by atoms with E-state index in [1.54, 1.807) is 6.08 Å². The van der Waals surface area contributed by atoms with Gasteiger partial charge in [-0.1, -0.05) is 11.6 Å². The normalized spacial score (nSPS) is 10.7. The van der Waals surface area contributed by atoms with Crippen LogP contribution in [0.1, 0.15) is 11.8 Å². The number of thiophene rings is 1. The molecule has 1 nitrogen and oxygen atoms in total. The molecule has 0 aliphatic rings. The molecular formula is C8H7ClOS. The predicted molar refractivity (Wildman–Crippen MR) is 49.0 cm³/mol. The maximum Gasteiger partial charge on any atom is 0.152 e. The van der Waals surface area contributed by atoms with Gasteiger partial charge in [-0.25, -0.2) is 0 Å². The van der Waals surface area contributed by atoms with E-state index in [0.29, 0.717) is 5.02 Å². The average molecular weight is 187 g/mol. The van der Waals surface area contributed by atoms with Gasteiger partial charge in [0.1, 0.15) is 0 Å². The van der Waals surface area contributed by atoms with Gasteiger partial charge in [-0.15, -0.1) is 11.3 Å². The Morgan fingerprint density at radius 2 is 2.45 bits per heavy atom. The first-order valence-corrected chi connectivity index (χ1v) is 4.37. The summed E-state index contributed by atoms with van der Waals surface area (Å²) in [7, 11) is 0. The van der Waals surface area contributed by atoms with Crippen LogP contribution in [0.25, 0.3) is 6.08 Å². The molecule has 1 aromatic rings. The first-order chi connectivity index (χ1) is 5.20. The zero-order valence-electron chi connectivity index (χ0n) is 6.00. The lowest BCUT2D eigenvalue weighted by atomic mass is 10.3. The lowest BCUT2D eigenvalue weighted by Crippen LogP contribution is -1.78. The quantitative estimate of drug-likeness (QED) is 0.649. The van der Waals surface area contributed by atoms with Crippen LogP contribution in [0.4, 0.5) is 0 Å². The highest BCUT2D eigenvalue weighted by molar-refractivity contribution is 7.11. The Balaban J connectivity index is 2.79. The third-order valence-electron chi connectivity index (χ3n) is 1.11. The van der Waals surface area contributed by atoms with E-state index in [9.17, 15) is 4.79 Å². The molecule has 0 spiro atoms. The highest BCUT2D eigenvalue weighted by atomic mass is 35.5. The van der Waals surface area contributed by atoms with Crippen LogP contribution in [0.3, 0.4) is 0 Å². The molecule has 0 aliphatic heterocycles. The first kappa shape index (κ1) is 8.50. The summed E-state index contributed by atoms with van der Waals surface area (Å²) >= 11 is 7.29. The zero-order chi connectivity index (χ0) is 8.27. The van der Waals surface area contributed by atoms with Crippen LogP contribution in [-0.4, -0.2) is 5.78 Å². The minimum Gasteiger partial charge on any atom is -0.295 e. The van der Waals surface area contributed by atoms with Gasteiger partial charge in [0.15, 0.2) is 5.78 Å². The third kappa shape index (κ3) is 2.48. The maximum absolute atomic E-state index is 10.5. The molecule has 0 saturated heterocycles. The van der Waals surface area contributed by atoms with Crippen LogP contribution in [0.15, 0.2) is 17.5 Å². The number of halogens is 1. The van der Waals surface area contributed by atoms with Crippen LogP contribution in [0.2, 0.25) is 5.02 Å². The van der Waals surface area contributed by atoms with Crippen molar-refractivity contribution >= 4 is 34.8 Å². The molecule has 0 radical (unpaired) electrons. The van der Waals surface area contributed by atoms with Crippen molar-refractivity contribution in [3.05, 3.63) is 27.4 Å². The van der Waals surface area contributed by atoms with Crippen molar-refractivity contribution in [2.75, 3.05) is 0 Å². The van der Waals surface area contributed by atoms with Crippen LogP contribution in [0.5, 0.6) is 0 Å². The summed E-state index contributed by atoms with van der Waals surface area (Å²) in [6.45, 7) is 1.51. The molecule has 0 aliphatic carbocycles. The molecule has 0 aromatic carbocycles. The Bertz CT molecular complexity index is 288. The van der Waals surface area contributed by atoms with Crippen molar-refractivity contribution in [2.24, 2.45) is 0 Å². The monoisotopic (exact) mass is 186 g/mol. The molecule has 0 fully saturated rings. The van der Waals surface area contributed by atoms with Crippen molar-refractivity contribution < 1.29 is 4.79 Å². The number of carbonyl (C=O) groups excluding carboxylic acids is 1. The molecule has 3 heteroatoms. The molecule has 58 valence electrons. The van der Waals surface area contributed by atoms with Gasteiger partial charge < -0.3 is 0 Å². The second kappa shape index (κ2) is 3.69. The fourth-order valence-corrected chi connectivity index (χ4v) is 1.63.